The van der Waals surface area contributed by atoms with Gasteiger partial charge in [-0.25, -0.2) is 9.50 Å². The highest BCUT2D eigenvalue weighted by molar-refractivity contribution is 7.16. The summed E-state index contributed by atoms with van der Waals surface area (Å²) in [5.74, 6) is -0.0811. The van der Waals surface area contributed by atoms with E-state index in [-0.39, 0.29) is 23.5 Å². The molecule has 0 aliphatic carbocycles. The van der Waals surface area contributed by atoms with Crippen molar-refractivity contribution in [2.24, 2.45) is 0 Å². The fourth-order valence-corrected chi connectivity index (χ4v) is 4.93. The van der Waals surface area contributed by atoms with Gasteiger partial charge in [-0.2, -0.15) is 10.2 Å². The normalized spacial score (nSPS) is 16.6. The number of nitrogens with zero attached hydrogens (tertiary/aromatic N) is 9. The number of rotatable bonds is 4. The molecule has 0 spiro atoms. The van der Waals surface area contributed by atoms with Crippen molar-refractivity contribution in [3.05, 3.63) is 71.7 Å². The number of fused-ring (bicyclic) bond motifs is 2. The smallest absolute Gasteiger partial charge is 0.312 e. The second-order valence-corrected chi connectivity index (χ2v) is 10.1. The highest BCUT2D eigenvalue weighted by atomic mass is 31.0. The van der Waals surface area contributed by atoms with Gasteiger partial charge in [-0.15, -0.1) is 19.4 Å². The van der Waals surface area contributed by atoms with Crippen molar-refractivity contribution < 1.29 is 9.21 Å². The summed E-state index contributed by atoms with van der Waals surface area (Å²) in [6, 6.07) is 7.49. The molecule has 5 aromatic rings. The van der Waals surface area contributed by atoms with Crippen LogP contribution in [0.3, 0.4) is 0 Å². The summed E-state index contributed by atoms with van der Waals surface area (Å²) >= 11 is 0. The molecule has 0 radical (unpaired) electrons. The maximum absolute atomic E-state index is 13.7. The monoisotopic (exact) mass is 507 g/mol. The first kappa shape index (κ1) is 22.1. The molecule has 13 heteroatoms. The molecule has 0 aromatic carbocycles. The minimum Gasteiger partial charge on any atom is -0.412 e. The van der Waals surface area contributed by atoms with Gasteiger partial charge in [0, 0.05) is 30.6 Å². The SMILES string of the molecule is Cc1cccc2cc([C@H]3c4ncn(P)c4CCN3C(=O)c3nnc(-c4cnn(C(C)P)c4)o3)nn12. The Morgan fingerprint density at radius 2 is 2.14 bits per heavy atom. The van der Waals surface area contributed by atoms with Crippen molar-refractivity contribution in [3.63, 3.8) is 0 Å². The van der Waals surface area contributed by atoms with Gasteiger partial charge < -0.3 is 13.7 Å². The average molecular weight is 507 g/mol. The number of aromatic nitrogens is 8. The molecule has 5 aromatic heterocycles. The summed E-state index contributed by atoms with van der Waals surface area (Å²) in [4.78, 5) is 20.0. The topological polar surface area (TPSA) is 112 Å². The fourth-order valence-electron chi connectivity index (χ4n) is 4.43. The van der Waals surface area contributed by atoms with Gasteiger partial charge in [0.25, 0.3) is 5.89 Å². The lowest BCUT2D eigenvalue weighted by molar-refractivity contribution is 0.0646. The summed E-state index contributed by atoms with van der Waals surface area (Å²) in [7, 11) is 5.32. The van der Waals surface area contributed by atoms with E-state index in [1.54, 1.807) is 28.3 Å². The van der Waals surface area contributed by atoms with Crippen molar-refractivity contribution in [3.8, 4) is 11.5 Å². The van der Waals surface area contributed by atoms with Crippen molar-refractivity contribution in [2.75, 3.05) is 6.54 Å². The molecule has 35 heavy (non-hydrogen) atoms. The molecule has 0 bridgehead atoms. The van der Waals surface area contributed by atoms with Gasteiger partial charge in [-0.1, -0.05) is 6.07 Å². The summed E-state index contributed by atoms with van der Waals surface area (Å²) in [5.41, 5.74) is 5.17. The summed E-state index contributed by atoms with van der Waals surface area (Å²) in [5, 5.41) is 17.3. The first-order valence-electron chi connectivity index (χ1n) is 11.1. The van der Waals surface area contributed by atoms with E-state index in [1.807, 2.05) is 47.0 Å². The third-order valence-electron chi connectivity index (χ3n) is 6.20. The van der Waals surface area contributed by atoms with Crippen LogP contribution in [0, 0.1) is 6.92 Å². The molecule has 0 saturated carbocycles. The Morgan fingerprint density at radius 3 is 2.91 bits per heavy atom. The maximum Gasteiger partial charge on any atom is 0.312 e. The second-order valence-electron chi connectivity index (χ2n) is 8.57. The van der Waals surface area contributed by atoms with Crippen molar-refractivity contribution in [1.82, 2.24) is 43.8 Å². The van der Waals surface area contributed by atoms with E-state index >= 15 is 0 Å². The number of carbonyl (C=O) groups is 1. The fraction of sp³-hybridized carbons (Fsp3) is 0.273. The Labute approximate surface area is 205 Å². The number of imidazole rings is 1. The largest absolute Gasteiger partial charge is 0.412 e. The molecular formula is C22H23N9O2P2. The summed E-state index contributed by atoms with van der Waals surface area (Å²) in [6.45, 7) is 4.45. The Balaban J connectivity index is 1.39. The van der Waals surface area contributed by atoms with Crippen LogP contribution in [-0.2, 0) is 6.42 Å². The minimum absolute atomic E-state index is 0.0784. The van der Waals surface area contributed by atoms with Gasteiger partial charge in [-0.05, 0) is 41.4 Å². The van der Waals surface area contributed by atoms with E-state index in [2.05, 4.69) is 38.9 Å². The van der Waals surface area contributed by atoms with Crippen LogP contribution in [0.5, 0.6) is 0 Å². The van der Waals surface area contributed by atoms with Gasteiger partial charge in [-0.3, -0.25) is 9.48 Å². The van der Waals surface area contributed by atoms with Gasteiger partial charge >= 0.3 is 11.8 Å². The Hall–Kier alpha value is -3.42. The molecule has 178 valence electrons. The molecule has 0 N–H and O–H groups in total. The van der Waals surface area contributed by atoms with Crippen molar-refractivity contribution in [2.45, 2.75) is 32.1 Å². The summed E-state index contributed by atoms with van der Waals surface area (Å²) in [6.07, 6.45) is 5.84. The molecule has 1 amide bonds. The highest BCUT2D eigenvalue weighted by Crippen LogP contribution is 2.36. The van der Waals surface area contributed by atoms with Crippen LogP contribution >= 0.6 is 18.6 Å². The molecule has 6 rings (SSSR count). The lowest BCUT2D eigenvalue weighted by Gasteiger charge is -2.33. The molecule has 4 atom stereocenters. The molecule has 11 nitrogen and oxygen atoms in total. The standard InChI is InChI=1S/C22H23N9O2P2/c1-12-4-3-5-15-8-16(27-31(12)15)19-18-17(30(35)11-23-18)6-7-28(19)22(32)21-26-25-20(33-21)14-9-24-29(10-14)13(2)34/h3-5,8-11,13,19H,6-7,34-35H2,1-2H3/t13?,19-/m0/s1. The Bertz CT molecular complexity index is 1560. The molecule has 1 aliphatic rings. The Kier molecular flexibility index (Phi) is 5.27. The Morgan fingerprint density at radius 1 is 1.29 bits per heavy atom. The first-order valence-corrected chi connectivity index (χ1v) is 12.3. The molecule has 3 unspecified atom stereocenters. The average Bonchev–Trinajstić information content (AvgIpc) is 3.63. The molecule has 6 heterocycles. The van der Waals surface area contributed by atoms with E-state index in [9.17, 15) is 4.79 Å². The highest BCUT2D eigenvalue weighted by Gasteiger charge is 2.38. The van der Waals surface area contributed by atoms with Crippen LogP contribution in [0.2, 0.25) is 0 Å². The van der Waals surface area contributed by atoms with Gasteiger partial charge in [0.15, 0.2) is 0 Å². The number of aryl methyl sites for hydroxylation is 1. The van der Waals surface area contributed by atoms with Gasteiger partial charge in [0.2, 0.25) is 0 Å². The zero-order valence-electron chi connectivity index (χ0n) is 19.1. The van der Waals surface area contributed by atoms with E-state index in [0.29, 0.717) is 18.5 Å². The number of amides is 1. The van der Waals surface area contributed by atoms with E-state index < -0.39 is 6.04 Å². The lowest BCUT2D eigenvalue weighted by atomic mass is 9.99. The zero-order chi connectivity index (χ0) is 24.3. The van der Waals surface area contributed by atoms with Crippen LogP contribution in [0.1, 0.15) is 52.2 Å². The predicted octanol–water partition coefficient (Wildman–Crippen LogP) is 2.91. The third-order valence-corrected chi connectivity index (χ3v) is 6.95. The van der Waals surface area contributed by atoms with Gasteiger partial charge in [0.1, 0.15) is 6.04 Å². The van der Waals surface area contributed by atoms with Crippen LogP contribution in [0.15, 0.2) is 47.4 Å². The predicted molar refractivity (Wildman–Crippen MR) is 134 cm³/mol. The molecule has 0 saturated heterocycles. The van der Waals surface area contributed by atoms with E-state index in [0.717, 1.165) is 28.3 Å². The van der Waals surface area contributed by atoms with Crippen LogP contribution < -0.4 is 0 Å². The second kappa shape index (κ2) is 8.36. The van der Waals surface area contributed by atoms with Crippen LogP contribution in [0.25, 0.3) is 17.0 Å². The minimum atomic E-state index is -0.483. The number of hydrogen-bond acceptors (Lipinski definition) is 7. The summed E-state index contributed by atoms with van der Waals surface area (Å²) < 4.78 is 11.4. The number of carbonyl (C=O) groups excluding carboxylic acids is 1. The lowest BCUT2D eigenvalue weighted by Crippen LogP contribution is -2.41. The van der Waals surface area contributed by atoms with E-state index in [4.69, 9.17) is 9.52 Å². The van der Waals surface area contributed by atoms with Crippen molar-refractivity contribution in [1.29, 1.82) is 0 Å². The third kappa shape index (κ3) is 3.66. The quantitative estimate of drug-likeness (QED) is 0.344. The first-order chi connectivity index (χ1) is 16.9. The van der Waals surface area contributed by atoms with Crippen LogP contribution in [-0.4, -0.2) is 56.3 Å². The molecular weight excluding hydrogens is 484 g/mol. The van der Waals surface area contributed by atoms with E-state index in [1.165, 1.54) is 0 Å². The zero-order valence-corrected chi connectivity index (χ0v) is 21.4. The maximum atomic E-state index is 13.7. The van der Waals surface area contributed by atoms with Crippen molar-refractivity contribution >= 4 is 30.1 Å². The number of hydrogen-bond donors (Lipinski definition) is 0. The molecule has 1 aliphatic heterocycles. The van der Waals surface area contributed by atoms with Crippen LogP contribution in [0.4, 0.5) is 0 Å². The number of pyridine rings is 1. The van der Waals surface area contributed by atoms with Gasteiger partial charge in [0.05, 0.1) is 40.8 Å². The molecule has 0 fully saturated rings.